The molecule has 1 amide bonds. The van der Waals surface area contributed by atoms with Gasteiger partial charge in [0, 0.05) is 0 Å². The maximum absolute atomic E-state index is 11.1. The van der Waals surface area contributed by atoms with Gasteiger partial charge in [0.15, 0.2) is 11.3 Å². The van der Waals surface area contributed by atoms with Crippen LogP contribution < -0.4 is 10.9 Å². The van der Waals surface area contributed by atoms with Gasteiger partial charge in [0.05, 0.1) is 0 Å². The van der Waals surface area contributed by atoms with Crippen LogP contribution in [0.15, 0.2) is 0 Å². The van der Waals surface area contributed by atoms with Crippen LogP contribution in [0.1, 0.15) is 39.0 Å². The minimum absolute atomic E-state index is 0.501. The van der Waals surface area contributed by atoms with E-state index in [2.05, 4.69) is 10.9 Å². The molecule has 2 rings (SSSR count). The highest BCUT2D eigenvalue weighted by molar-refractivity contribution is 5.68. The topological polar surface area (TPSA) is 70.6 Å². The second kappa shape index (κ2) is 3.10. The van der Waals surface area contributed by atoms with Crippen LogP contribution in [0.5, 0.6) is 0 Å². The van der Waals surface area contributed by atoms with E-state index in [0.717, 1.165) is 32.1 Å². The number of ether oxygens (including phenoxy) is 1. The first-order chi connectivity index (χ1) is 6.56. The van der Waals surface area contributed by atoms with Crippen molar-refractivity contribution in [3.8, 4) is 0 Å². The van der Waals surface area contributed by atoms with Gasteiger partial charge in [-0.2, -0.15) is 5.43 Å². The number of hydrazine groups is 1. The molecule has 0 bridgehead atoms. The van der Waals surface area contributed by atoms with Crippen molar-refractivity contribution in [2.45, 2.75) is 50.4 Å². The number of aliphatic hydroxyl groups is 1. The predicted octanol–water partition coefficient (Wildman–Crippen LogP) is 0.642. The largest absolute Gasteiger partial charge is 0.437 e. The zero-order valence-electron chi connectivity index (χ0n) is 8.30. The van der Waals surface area contributed by atoms with E-state index >= 15 is 0 Å². The molecule has 0 aromatic heterocycles. The monoisotopic (exact) mass is 200 g/mol. The number of hydrogen-bond acceptors (Lipinski definition) is 4. The molecule has 1 spiro atoms. The van der Waals surface area contributed by atoms with Crippen LogP contribution in [0.3, 0.4) is 0 Å². The van der Waals surface area contributed by atoms with Gasteiger partial charge in [-0.15, -0.1) is 0 Å². The molecule has 1 saturated carbocycles. The van der Waals surface area contributed by atoms with Gasteiger partial charge in [0.25, 0.3) is 0 Å². The number of carbonyl (C=O) groups excluding carboxylic acids is 1. The van der Waals surface area contributed by atoms with Crippen LogP contribution >= 0.6 is 0 Å². The average molecular weight is 200 g/mol. The number of rotatable bonds is 0. The Kier molecular flexibility index (Phi) is 2.16. The fourth-order valence-corrected chi connectivity index (χ4v) is 2.30. The summed E-state index contributed by atoms with van der Waals surface area (Å²) in [6, 6.07) is 0. The van der Waals surface area contributed by atoms with Gasteiger partial charge in [-0.05, 0) is 32.6 Å². The van der Waals surface area contributed by atoms with Crippen molar-refractivity contribution < 1.29 is 14.6 Å². The third kappa shape index (κ3) is 1.36. The maximum atomic E-state index is 11.1. The van der Waals surface area contributed by atoms with Crippen molar-refractivity contribution in [2.75, 3.05) is 0 Å². The SMILES string of the molecule is C[C@@]1(O)NNC(=O)OC12CCCCC2. The van der Waals surface area contributed by atoms with E-state index in [0.29, 0.717) is 0 Å². The highest BCUT2D eigenvalue weighted by atomic mass is 16.6. The molecule has 1 aliphatic carbocycles. The first kappa shape index (κ1) is 9.73. The second-order valence-electron chi connectivity index (χ2n) is 4.27. The summed E-state index contributed by atoms with van der Waals surface area (Å²) in [5.74, 6) is 0. The first-order valence-electron chi connectivity index (χ1n) is 5.04. The Balaban J connectivity index is 2.22. The molecule has 80 valence electrons. The summed E-state index contributed by atoms with van der Waals surface area (Å²) < 4.78 is 5.27. The van der Waals surface area contributed by atoms with Gasteiger partial charge in [0.1, 0.15) is 0 Å². The number of carbonyl (C=O) groups is 1. The third-order valence-corrected chi connectivity index (χ3v) is 3.24. The van der Waals surface area contributed by atoms with E-state index in [1.54, 1.807) is 6.92 Å². The van der Waals surface area contributed by atoms with Crippen LogP contribution in [0, 0.1) is 0 Å². The number of hydrogen-bond donors (Lipinski definition) is 3. The molecule has 2 fully saturated rings. The highest BCUT2D eigenvalue weighted by Crippen LogP contribution is 2.40. The Hall–Kier alpha value is -0.810. The molecular formula is C9H16N2O3. The predicted molar refractivity (Wildman–Crippen MR) is 49.2 cm³/mol. The van der Waals surface area contributed by atoms with Crippen LogP contribution in [0.25, 0.3) is 0 Å². The van der Waals surface area contributed by atoms with Crippen LogP contribution in [-0.4, -0.2) is 22.5 Å². The molecule has 1 aliphatic heterocycles. The molecule has 2 aliphatic rings. The zero-order valence-corrected chi connectivity index (χ0v) is 8.30. The van der Waals surface area contributed by atoms with Gasteiger partial charge in [-0.3, -0.25) is 5.43 Å². The quantitative estimate of drug-likeness (QED) is 0.536. The Morgan fingerprint density at radius 3 is 2.64 bits per heavy atom. The fourth-order valence-electron chi connectivity index (χ4n) is 2.30. The van der Waals surface area contributed by atoms with E-state index in [4.69, 9.17) is 4.74 Å². The lowest BCUT2D eigenvalue weighted by Gasteiger charge is -2.49. The second-order valence-corrected chi connectivity index (χ2v) is 4.27. The standard InChI is InChI=1S/C9H16N2O3/c1-8(13)9(5-3-2-4-6-9)14-7(12)10-11-8/h11,13H,2-6H2,1H3,(H,10,12)/t8-/m0/s1. The van der Waals surface area contributed by atoms with E-state index in [1.165, 1.54) is 0 Å². The van der Waals surface area contributed by atoms with E-state index in [-0.39, 0.29) is 0 Å². The Morgan fingerprint density at radius 1 is 1.36 bits per heavy atom. The molecular weight excluding hydrogens is 184 g/mol. The highest BCUT2D eigenvalue weighted by Gasteiger charge is 2.53. The normalized spacial score (nSPS) is 36.3. The maximum Gasteiger partial charge on any atom is 0.422 e. The first-order valence-corrected chi connectivity index (χ1v) is 5.04. The van der Waals surface area contributed by atoms with Gasteiger partial charge in [-0.1, -0.05) is 6.42 Å². The van der Waals surface area contributed by atoms with Crippen molar-refractivity contribution in [1.29, 1.82) is 0 Å². The number of nitrogens with one attached hydrogen (secondary N) is 2. The molecule has 1 saturated heterocycles. The summed E-state index contributed by atoms with van der Waals surface area (Å²) in [6.07, 6.45) is 4.07. The molecule has 1 heterocycles. The van der Waals surface area contributed by atoms with E-state index < -0.39 is 17.4 Å². The van der Waals surface area contributed by atoms with Crippen LogP contribution in [0.4, 0.5) is 4.79 Å². The lowest BCUT2D eigenvalue weighted by molar-refractivity contribution is -0.201. The summed E-state index contributed by atoms with van der Waals surface area (Å²) in [5.41, 5.74) is 2.96. The van der Waals surface area contributed by atoms with Crippen LogP contribution in [-0.2, 0) is 4.74 Å². The summed E-state index contributed by atoms with van der Waals surface area (Å²) in [4.78, 5) is 11.1. The van der Waals surface area contributed by atoms with E-state index in [9.17, 15) is 9.90 Å². The average Bonchev–Trinajstić information content (AvgIpc) is 2.14. The summed E-state index contributed by atoms with van der Waals surface area (Å²) in [7, 11) is 0. The fraction of sp³-hybridized carbons (Fsp3) is 0.889. The van der Waals surface area contributed by atoms with Crippen molar-refractivity contribution in [3.63, 3.8) is 0 Å². The molecule has 0 radical (unpaired) electrons. The Morgan fingerprint density at radius 2 is 2.00 bits per heavy atom. The third-order valence-electron chi connectivity index (χ3n) is 3.24. The molecule has 3 N–H and O–H groups in total. The summed E-state index contributed by atoms with van der Waals surface area (Å²) >= 11 is 0. The molecule has 5 nitrogen and oxygen atoms in total. The molecule has 1 atom stereocenters. The smallest absolute Gasteiger partial charge is 0.422 e. The van der Waals surface area contributed by atoms with Gasteiger partial charge < -0.3 is 9.84 Å². The van der Waals surface area contributed by atoms with E-state index in [1.807, 2.05) is 0 Å². The summed E-state index contributed by atoms with van der Waals surface area (Å²) in [5, 5.41) is 10.1. The minimum Gasteiger partial charge on any atom is -0.437 e. The lowest BCUT2D eigenvalue weighted by Crippen LogP contribution is -2.72. The van der Waals surface area contributed by atoms with Crippen LogP contribution in [0.2, 0.25) is 0 Å². The molecule has 0 aromatic rings. The summed E-state index contributed by atoms with van der Waals surface area (Å²) in [6.45, 7) is 1.64. The Labute approximate surface area is 82.8 Å². The van der Waals surface area contributed by atoms with Crippen molar-refractivity contribution >= 4 is 6.09 Å². The zero-order chi connectivity index (χ0) is 10.2. The molecule has 0 unspecified atom stereocenters. The molecule has 5 heteroatoms. The number of amides is 1. The van der Waals surface area contributed by atoms with Gasteiger partial charge in [-0.25, -0.2) is 4.79 Å². The van der Waals surface area contributed by atoms with Gasteiger partial charge >= 0.3 is 6.09 Å². The lowest BCUT2D eigenvalue weighted by atomic mass is 9.77. The molecule has 0 aromatic carbocycles. The van der Waals surface area contributed by atoms with Gasteiger partial charge in [0.2, 0.25) is 0 Å². The minimum atomic E-state index is -1.18. The van der Waals surface area contributed by atoms with Crippen molar-refractivity contribution in [2.24, 2.45) is 0 Å². The van der Waals surface area contributed by atoms with Crippen molar-refractivity contribution in [3.05, 3.63) is 0 Å². The Bertz CT molecular complexity index is 246. The van der Waals surface area contributed by atoms with Crippen molar-refractivity contribution in [1.82, 2.24) is 10.9 Å². The molecule has 14 heavy (non-hydrogen) atoms.